The minimum absolute atomic E-state index is 0.0328. The first-order valence-corrected chi connectivity index (χ1v) is 7.69. The molecular weight excluding hydrogens is 368 g/mol. The van der Waals surface area contributed by atoms with Crippen molar-refractivity contribution in [2.24, 2.45) is 0 Å². The second kappa shape index (κ2) is 7.61. The summed E-state index contributed by atoms with van der Waals surface area (Å²) < 4.78 is 0. The van der Waals surface area contributed by atoms with Gasteiger partial charge in [-0.1, -0.05) is 46.4 Å². The molecule has 4 nitrogen and oxygen atoms in total. The third kappa shape index (κ3) is 4.60. The highest BCUT2D eigenvalue weighted by atomic mass is 35.5. The zero-order valence-electron chi connectivity index (χ0n) is 10.0. The zero-order valence-corrected chi connectivity index (χ0v) is 13.9. The van der Waals surface area contributed by atoms with Gasteiger partial charge in [-0.05, 0) is 6.07 Å². The summed E-state index contributed by atoms with van der Waals surface area (Å²) in [5, 5.41) is 12.1. The van der Waals surface area contributed by atoms with E-state index in [1.165, 1.54) is 13.0 Å². The van der Waals surface area contributed by atoms with Gasteiger partial charge in [-0.3, -0.25) is 4.79 Å². The molecule has 0 aromatic heterocycles. The van der Waals surface area contributed by atoms with Gasteiger partial charge in [0, 0.05) is 17.6 Å². The van der Waals surface area contributed by atoms with Gasteiger partial charge in [-0.2, -0.15) is 0 Å². The van der Waals surface area contributed by atoms with Crippen LogP contribution in [0.2, 0.25) is 20.1 Å². The second-order valence-corrected chi connectivity index (χ2v) is 6.30. The fourth-order valence-electron chi connectivity index (χ4n) is 1.26. The van der Waals surface area contributed by atoms with Crippen molar-refractivity contribution >= 4 is 70.0 Å². The van der Waals surface area contributed by atoms with Crippen LogP contribution in [-0.4, -0.2) is 28.8 Å². The Hall–Kier alpha value is -0.330. The Morgan fingerprint density at radius 2 is 1.75 bits per heavy atom. The molecule has 0 aliphatic rings. The van der Waals surface area contributed by atoms with E-state index in [9.17, 15) is 9.59 Å². The summed E-state index contributed by atoms with van der Waals surface area (Å²) in [5.74, 6) is -1.57. The predicted octanol–water partition coefficient (Wildman–Crippen LogP) is 3.98. The van der Waals surface area contributed by atoms with E-state index in [2.05, 4.69) is 5.32 Å². The summed E-state index contributed by atoms with van der Waals surface area (Å²) in [5.41, 5.74) is 0. The van der Waals surface area contributed by atoms with Crippen molar-refractivity contribution in [3.8, 4) is 0 Å². The molecular formula is C11H9Cl4NO3S. The summed E-state index contributed by atoms with van der Waals surface area (Å²) in [6.07, 6.45) is 0. The number of benzene rings is 1. The number of carboxylic acid groups (broad SMARTS) is 1. The predicted molar refractivity (Wildman–Crippen MR) is 82.4 cm³/mol. The number of carbonyl (C=O) groups is 2. The first-order valence-electron chi connectivity index (χ1n) is 5.19. The maximum Gasteiger partial charge on any atom is 0.327 e. The summed E-state index contributed by atoms with van der Waals surface area (Å²) in [4.78, 5) is 22.3. The first kappa shape index (κ1) is 17.7. The molecule has 0 aliphatic carbocycles. The normalized spacial score (nSPS) is 12.1. The molecule has 0 bridgehead atoms. The van der Waals surface area contributed by atoms with Gasteiger partial charge >= 0.3 is 5.97 Å². The van der Waals surface area contributed by atoms with Gasteiger partial charge in [0.05, 0.1) is 20.1 Å². The third-order valence-electron chi connectivity index (χ3n) is 2.14. The van der Waals surface area contributed by atoms with E-state index < -0.39 is 17.9 Å². The lowest BCUT2D eigenvalue weighted by Gasteiger charge is -2.15. The number of carbonyl (C=O) groups excluding carboxylic acids is 1. The largest absolute Gasteiger partial charge is 0.480 e. The number of hydrogen-bond acceptors (Lipinski definition) is 3. The van der Waals surface area contributed by atoms with Gasteiger partial charge in [-0.25, -0.2) is 4.79 Å². The molecule has 1 aromatic rings. The van der Waals surface area contributed by atoms with E-state index in [0.717, 1.165) is 11.8 Å². The highest BCUT2D eigenvalue weighted by Gasteiger charge is 2.21. The molecule has 1 amide bonds. The van der Waals surface area contributed by atoms with Crippen LogP contribution in [0.5, 0.6) is 0 Å². The van der Waals surface area contributed by atoms with Gasteiger partial charge in [0.25, 0.3) is 0 Å². The quantitative estimate of drug-likeness (QED) is 0.602. The van der Waals surface area contributed by atoms with E-state index >= 15 is 0 Å². The van der Waals surface area contributed by atoms with E-state index in [4.69, 9.17) is 51.5 Å². The topological polar surface area (TPSA) is 66.4 Å². The Balaban J connectivity index is 2.93. The Labute approximate surface area is 139 Å². The lowest BCUT2D eigenvalue weighted by atomic mass is 10.3. The molecule has 0 saturated carbocycles. The molecule has 0 spiro atoms. The highest BCUT2D eigenvalue weighted by molar-refractivity contribution is 7.99. The molecule has 0 fully saturated rings. The monoisotopic (exact) mass is 375 g/mol. The molecule has 0 saturated heterocycles. The Bertz CT molecular complexity index is 527. The highest BCUT2D eigenvalue weighted by Crippen LogP contribution is 2.42. The number of amides is 1. The number of rotatable bonds is 5. The van der Waals surface area contributed by atoms with Crippen molar-refractivity contribution in [1.82, 2.24) is 5.32 Å². The standard InChI is InChI=1S/C11H9Cl4NO3S/c1-4(17)16-7(11(18)19)3-20-10-8(14)5(12)2-6(13)9(10)15/h2,7H,3H2,1H3,(H,16,17)(H,18,19). The van der Waals surface area contributed by atoms with E-state index in [-0.39, 0.29) is 25.8 Å². The van der Waals surface area contributed by atoms with Crippen LogP contribution in [0.4, 0.5) is 0 Å². The van der Waals surface area contributed by atoms with E-state index in [1.807, 2.05) is 0 Å². The smallest absolute Gasteiger partial charge is 0.327 e. The molecule has 1 aromatic carbocycles. The number of nitrogens with one attached hydrogen (secondary N) is 1. The summed E-state index contributed by atoms with van der Waals surface area (Å²) in [7, 11) is 0. The van der Waals surface area contributed by atoms with Crippen molar-refractivity contribution < 1.29 is 14.7 Å². The average Bonchev–Trinajstić information content (AvgIpc) is 2.34. The number of aliphatic carboxylic acids is 1. The van der Waals surface area contributed by atoms with Crippen molar-refractivity contribution in [2.75, 3.05) is 5.75 Å². The molecule has 9 heteroatoms. The fourth-order valence-corrected chi connectivity index (χ4v) is 3.55. The molecule has 1 unspecified atom stereocenters. The van der Waals surface area contributed by atoms with Crippen molar-refractivity contribution in [1.29, 1.82) is 0 Å². The number of thioether (sulfide) groups is 1. The molecule has 1 atom stereocenters. The van der Waals surface area contributed by atoms with Gasteiger partial charge in [0.1, 0.15) is 6.04 Å². The number of carboxylic acids is 1. The second-order valence-electron chi connectivity index (χ2n) is 3.70. The van der Waals surface area contributed by atoms with Crippen LogP contribution in [-0.2, 0) is 9.59 Å². The average molecular weight is 377 g/mol. The SMILES string of the molecule is CC(=O)NC(CSc1c(Cl)c(Cl)cc(Cl)c1Cl)C(=O)O. The summed E-state index contributed by atoms with van der Waals surface area (Å²) >= 11 is 24.8. The number of hydrogen-bond donors (Lipinski definition) is 2. The first-order chi connectivity index (χ1) is 9.23. The minimum Gasteiger partial charge on any atom is -0.480 e. The molecule has 110 valence electrons. The van der Waals surface area contributed by atoms with E-state index in [1.54, 1.807) is 0 Å². The van der Waals surface area contributed by atoms with Crippen LogP contribution >= 0.6 is 58.2 Å². The van der Waals surface area contributed by atoms with Crippen LogP contribution < -0.4 is 5.32 Å². The summed E-state index contributed by atoms with van der Waals surface area (Å²) in [6.45, 7) is 1.23. The Kier molecular flexibility index (Phi) is 6.75. The molecule has 0 heterocycles. The lowest BCUT2D eigenvalue weighted by molar-refractivity contribution is -0.140. The minimum atomic E-state index is -1.16. The maximum absolute atomic E-state index is 11.0. The van der Waals surface area contributed by atoms with E-state index in [0.29, 0.717) is 4.90 Å². The molecule has 2 N–H and O–H groups in total. The van der Waals surface area contributed by atoms with Crippen molar-refractivity contribution in [3.63, 3.8) is 0 Å². The molecule has 1 rings (SSSR count). The van der Waals surface area contributed by atoms with Crippen molar-refractivity contribution in [2.45, 2.75) is 17.9 Å². The molecule has 0 radical (unpaired) electrons. The van der Waals surface area contributed by atoms with Gasteiger partial charge in [-0.15, -0.1) is 11.8 Å². The zero-order chi connectivity index (χ0) is 15.4. The Morgan fingerprint density at radius 3 is 2.15 bits per heavy atom. The fraction of sp³-hybridized carbons (Fsp3) is 0.273. The van der Waals surface area contributed by atoms with Crippen LogP contribution in [0.25, 0.3) is 0 Å². The molecule has 20 heavy (non-hydrogen) atoms. The van der Waals surface area contributed by atoms with Gasteiger partial charge in [0.15, 0.2) is 0 Å². The summed E-state index contributed by atoms with van der Waals surface area (Å²) in [6, 6.07) is 0.336. The van der Waals surface area contributed by atoms with Crippen LogP contribution in [0.3, 0.4) is 0 Å². The lowest BCUT2D eigenvalue weighted by Crippen LogP contribution is -2.41. The molecule has 0 aliphatic heterocycles. The van der Waals surface area contributed by atoms with Crippen LogP contribution in [0.1, 0.15) is 6.92 Å². The van der Waals surface area contributed by atoms with Crippen molar-refractivity contribution in [3.05, 3.63) is 26.2 Å². The van der Waals surface area contributed by atoms with Crippen LogP contribution in [0.15, 0.2) is 11.0 Å². The van der Waals surface area contributed by atoms with Crippen LogP contribution in [0, 0.1) is 0 Å². The van der Waals surface area contributed by atoms with Gasteiger partial charge < -0.3 is 10.4 Å². The number of halogens is 4. The maximum atomic E-state index is 11.0. The Morgan fingerprint density at radius 1 is 1.25 bits per heavy atom. The van der Waals surface area contributed by atoms with Gasteiger partial charge in [0.2, 0.25) is 5.91 Å². The third-order valence-corrected chi connectivity index (χ3v) is 5.14.